The molecule has 140 valence electrons. The number of hydrogen-bond donors (Lipinski definition) is 1. The molecule has 0 spiro atoms. The van der Waals surface area contributed by atoms with E-state index in [1.54, 1.807) is 11.0 Å². The predicted molar refractivity (Wildman–Crippen MR) is 97.0 cm³/mol. The average Bonchev–Trinajstić information content (AvgIpc) is 3.21. The molecule has 0 bridgehead atoms. The van der Waals surface area contributed by atoms with E-state index in [0.717, 1.165) is 30.0 Å². The van der Waals surface area contributed by atoms with Gasteiger partial charge in [0.15, 0.2) is 0 Å². The number of rotatable bonds is 5. The number of H-pyrrole nitrogens is 1. The lowest BCUT2D eigenvalue weighted by Crippen LogP contribution is -2.33. The summed E-state index contributed by atoms with van der Waals surface area (Å²) in [6.07, 6.45) is 2.42. The molecule has 7 heteroatoms. The first-order valence-corrected chi connectivity index (χ1v) is 9.23. The summed E-state index contributed by atoms with van der Waals surface area (Å²) in [6.45, 7) is 8.83. The van der Waals surface area contributed by atoms with Gasteiger partial charge in [0.05, 0.1) is 6.04 Å². The Morgan fingerprint density at radius 1 is 1.35 bits per heavy atom. The van der Waals surface area contributed by atoms with Crippen LogP contribution in [0.15, 0.2) is 21.5 Å². The average molecular weight is 358 g/mol. The maximum Gasteiger partial charge on any atom is 0.345 e. The number of carbonyl (C=O) groups excluding carboxylic acids is 1. The van der Waals surface area contributed by atoms with Gasteiger partial charge in [0.1, 0.15) is 17.1 Å². The summed E-state index contributed by atoms with van der Waals surface area (Å²) in [5.41, 5.74) is 1.23. The van der Waals surface area contributed by atoms with Crippen LogP contribution in [0.1, 0.15) is 80.1 Å². The summed E-state index contributed by atoms with van der Waals surface area (Å²) in [7, 11) is 0. The molecule has 26 heavy (non-hydrogen) atoms. The summed E-state index contributed by atoms with van der Waals surface area (Å²) < 4.78 is 5.40. The Morgan fingerprint density at radius 2 is 2.12 bits per heavy atom. The van der Waals surface area contributed by atoms with Crippen molar-refractivity contribution in [2.24, 2.45) is 5.92 Å². The van der Waals surface area contributed by atoms with Gasteiger partial charge in [0.2, 0.25) is 0 Å². The summed E-state index contributed by atoms with van der Waals surface area (Å²) in [6, 6.07) is 3.49. The molecule has 2 aromatic rings. The summed E-state index contributed by atoms with van der Waals surface area (Å²) in [5.74, 6) is 1.21. The highest BCUT2D eigenvalue weighted by atomic mass is 16.5. The topological polar surface area (TPSA) is 92.1 Å². The fraction of sp³-hybridized carbons (Fsp3) is 0.579. The van der Waals surface area contributed by atoms with Crippen LogP contribution in [-0.4, -0.2) is 32.5 Å². The molecular weight excluding hydrogens is 332 g/mol. The van der Waals surface area contributed by atoms with Gasteiger partial charge < -0.3 is 14.4 Å². The lowest BCUT2D eigenvalue weighted by atomic mass is 10.1. The maximum atomic E-state index is 13.0. The lowest BCUT2D eigenvalue weighted by Gasteiger charge is -2.22. The summed E-state index contributed by atoms with van der Waals surface area (Å²) in [4.78, 5) is 33.3. The van der Waals surface area contributed by atoms with Crippen LogP contribution < -0.4 is 5.69 Å². The Hall–Kier alpha value is -2.44. The Bertz CT molecular complexity index is 837. The van der Waals surface area contributed by atoms with Gasteiger partial charge in [0.25, 0.3) is 5.91 Å². The standard InChI is InChI=1S/C19H26N4O3/c1-11(2)8-13-9-15(21-19(25)20-13)18(24)23-7-5-6-16(23)14-10-17(12(3)4)26-22-14/h9-12,16H,5-8H2,1-4H3,(H,20,21,25)/t16-/m1/s1. The summed E-state index contributed by atoms with van der Waals surface area (Å²) >= 11 is 0. The maximum absolute atomic E-state index is 13.0. The second-order valence-corrected chi connectivity index (χ2v) is 7.66. The van der Waals surface area contributed by atoms with Crippen molar-refractivity contribution >= 4 is 5.91 Å². The van der Waals surface area contributed by atoms with Gasteiger partial charge in [-0.05, 0) is 31.2 Å². The van der Waals surface area contributed by atoms with Gasteiger partial charge in [0, 0.05) is 24.2 Å². The van der Waals surface area contributed by atoms with Crippen molar-refractivity contribution in [1.29, 1.82) is 0 Å². The quantitative estimate of drug-likeness (QED) is 0.887. The SMILES string of the molecule is CC(C)Cc1cc(C(=O)N2CCC[C@@H]2c2cc(C(C)C)on2)nc(=O)[nH]1. The smallest absolute Gasteiger partial charge is 0.345 e. The largest absolute Gasteiger partial charge is 0.361 e. The van der Waals surface area contributed by atoms with Crippen LogP contribution in [0.3, 0.4) is 0 Å². The summed E-state index contributed by atoms with van der Waals surface area (Å²) in [5, 5.41) is 4.16. The molecule has 3 heterocycles. The molecule has 1 aliphatic heterocycles. The van der Waals surface area contributed by atoms with E-state index >= 15 is 0 Å². The number of likely N-dealkylation sites (tertiary alicyclic amines) is 1. The second-order valence-electron chi connectivity index (χ2n) is 7.66. The van der Waals surface area contributed by atoms with E-state index in [2.05, 4.69) is 29.0 Å². The molecule has 1 N–H and O–H groups in total. The van der Waals surface area contributed by atoms with Crippen molar-refractivity contribution in [3.63, 3.8) is 0 Å². The lowest BCUT2D eigenvalue weighted by molar-refractivity contribution is 0.0724. The van der Waals surface area contributed by atoms with Gasteiger partial charge in [-0.3, -0.25) is 4.79 Å². The molecule has 2 aromatic heterocycles. The molecule has 1 fully saturated rings. The van der Waals surface area contributed by atoms with Crippen molar-refractivity contribution in [1.82, 2.24) is 20.0 Å². The van der Waals surface area contributed by atoms with Crippen molar-refractivity contribution in [2.75, 3.05) is 6.54 Å². The van der Waals surface area contributed by atoms with Gasteiger partial charge in [-0.2, -0.15) is 4.98 Å². The molecule has 1 saturated heterocycles. The van der Waals surface area contributed by atoms with Gasteiger partial charge in [-0.1, -0.05) is 32.9 Å². The van der Waals surface area contributed by atoms with Crippen LogP contribution in [0.5, 0.6) is 0 Å². The van der Waals surface area contributed by atoms with Crippen LogP contribution in [-0.2, 0) is 6.42 Å². The Morgan fingerprint density at radius 3 is 2.77 bits per heavy atom. The fourth-order valence-electron chi connectivity index (χ4n) is 3.36. The van der Waals surface area contributed by atoms with Gasteiger partial charge >= 0.3 is 5.69 Å². The second kappa shape index (κ2) is 7.43. The molecule has 7 nitrogen and oxygen atoms in total. The molecule has 0 saturated carbocycles. The molecule has 1 aliphatic rings. The van der Waals surface area contributed by atoms with E-state index < -0.39 is 5.69 Å². The number of aromatic amines is 1. The molecule has 0 unspecified atom stereocenters. The molecule has 0 aliphatic carbocycles. The van der Waals surface area contributed by atoms with Crippen molar-refractivity contribution in [3.05, 3.63) is 45.5 Å². The minimum atomic E-state index is -0.481. The van der Waals surface area contributed by atoms with Crippen molar-refractivity contribution in [2.45, 2.75) is 58.9 Å². The molecule has 1 atom stereocenters. The van der Waals surface area contributed by atoms with E-state index in [4.69, 9.17) is 4.52 Å². The van der Waals surface area contributed by atoms with Crippen LogP contribution in [0, 0.1) is 5.92 Å². The monoisotopic (exact) mass is 358 g/mol. The number of nitrogens with one attached hydrogen (secondary N) is 1. The molecule has 3 rings (SSSR count). The van der Waals surface area contributed by atoms with Crippen LogP contribution in [0.2, 0.25) is 0 Å². The Labute approximate surface area is 152 Å². The number of amides is 1. The van der Waals surface area contributed by atoms with Crippen LogP contribution in [0.4, 0.5) is 0 Å². The van der Waals surface area contributed by atoms with Crippen LogP contribution in [0.25, 0.3) is 0 Å². The minimum Gasteiger partial charge on any atom is -0.361 e. The number of carbonyl (C=O) groups is 1. The van der Waals surface area contributed by atoms with Crippen molar-refractivity contribution < 1.29 is 9.32 Å². The van der Waals surface area contributed by atoms with E-state index in [1.165, 1.54) is 0 Å². The zero-order valence-electron chi connectivity index (χ0n) is 15.8. The van der Waals surface area contributed by atoms with E-state index in [-0.39, 0.29) is 23.6 Å². The zero-order chi connectivity index (χ0) is 18.8. The Kier molecular flexibility index (Phi) is 5.25. The number of aromatic nitrogens is 3. The first kappa shape index (κ1) is 18.4. The fourth-order valence-corrected chi connectivity index (χ4v) is 3.36. The third kappa shape index (κ3) is 3.86. The normalized spacial score (nSPS) is 17.5. The number of nitrogens with zero attached hydrogens (tertiary/aromatic N) is 3. The van der Waals surface area contributed by atoms with E-state index in [9.17, 15) is 9.59 Å². The van der Waals surface area contributed by atoms with Gasteiger partial charge in [-0.15, -0.1) is 0 Å². The van der Waals surface area contributed by atoms with Crippen LogP contribution >= 0.6 is 0 Å². The molecular formula is C19H26N4O3. The molecule has 0 aromatic carbocycles. The van der Waals surface area contributed by atoms with Crippen molar-refractivity contribution in [3.8, 4) is 0 Å². The van der Waals surface area contributed by atoms with E-state index in [1.807, 2.05) is 19.9 Å². The highest BCUT2D eigenvalue weighted by Crippen LogP contribution is 2.33. The number of hydrogen-bond acceptors (Lipinski definition) is 5. The Balaban J connectivity index is 1.86. The molecule has 0 radical (unpaired) electrons. The third-order valence-corrected chi connectivity index (χ3v) is 4.62. The zero-order valence-corrected chi connectivity index (χ0v) is 15.8. The highest BCUT2D eigenvalue weighted by Gasteiger charge is 2.33. The highest BCUT2D eigenvalue weighted by molar-refractivity contribution is 5.92. The first-order chi connectivity index (χ1) is 12.3. The third-order valence-electron chi connectivity index (χ3n) is 4.62. The van der Waals surface area contributed by atoms with E-state index in [0.29, 0.717) is 18.9 Å². The first-order valence-electron chi connectivity index (χ1n) is 9.23. The van der Waals surface area contributed by atoms with Gasteiger partial charge in [-0.25, -0.2) is 4.79 Å². The molecule has 1 amide bonds. The minimum absolute atomic E-state index is 0.131. The predicted octanol–water partition coefficient (Wildman–Crippen LogP) is 3.06.